The molecule has 1 fully saturated rings. The van der Waals surface area contributed by atoms with E-state index in [0.717, 1.165) is 12.8 Å². The number of carbonyl (C=O) groups is 1. The van der Waals surface area contributed by atoms with Crippen LogP contribution in [0.5, 0.6) is 0 Å². The van der Waals surface area contributed by atoms with Gasteiger partial charge >= 0.3 is 0 Å². The number of carbonyl (C=O) groups excluding carboxylic acids is 1. The molecule has 1 rings (SSSR count). The molecule has 2 N–H and O–H groups in total. The van der Waals surface area contributed by atoms with E-state index in [1.54, 1.807) is 0 Å². The van der Waals surface area contributed by atoms with Crippen molar-refractivity contribution in [1.29, 1.82) is 0 Å². The van der Waals surface area contributed by atoms with Gasteiger partial charge < -0.3 is 10.4 Å². The second kappa shape index (κ2) is 3.72. The number of aliphatic hydroxyl groups is 1. The molecule has 0 unspecified atom stereocenters. The quantitative estimate of drug-likeness (QED) is 0.618. The zero-order chi connectivity index (χ0) is 8.27. The molecular formula is C8H15NO2. The average Bonchev–Trinajstić information content (AvgIpc) is 1.85. The van der Waals surface area contributed by atoms with Crippen molar-refractivity contribution >= 4 is 5.91 Å². The number of rotatable bonds is 3. The molecule has 0 spiro atoms. The van der Waals surface area contributed by atoms with Gasteiger partial charge in [-0.05, 0) is 25.7 Å². The first-order valence-corrected chi connectivity index (χ1v) is 4.17. The Hall–Kier alpha value is -0.570. The van der Waals surface area contributed by atoms with Crippen LogP contribution in [0.3, 0.4) is 0 Å². The zero-order valence-electron chi connectivity index (χ0n) is 6.84. The molecule has 3 nitrogen and oxygen atoms in total. The third kappa shape index (κ3) is 2.50. The predicted molar refractivity (Wildman–Crippen MR) is 42.0 cm³/mol. The molecule has 11 heavy (non-hydrogen) atoms. The standard InChI is InChI=1S/C8H15NO2/c1-2-9-8(11)5-6-3-7(10)4-6/h6-7,10H,2-5H2,1H3,(H,9,11). The highest BCUT2D eigenvalue weighted by Crippen LogP contribution is 2.29. The van der Waals surface area contributed by atoms with E-state index >= 15 is 0 Å². The van der Waals surface area contributed by atoms with Crippen LogP contribution >= 0.6 is 0 Å². The van der Waals surface area contributed by atoms with Crippen molar-refractivity contribution in [1.82, 2.24) is 5.32 Å². The summed E-state index contributed by atoms with van der Waals surface area (Å²) in [5.74, 6) is 0.543. The Morgan fingerprint density at radius 3 is 2.73 bits per heavy atom. The van der Waals surface area contributed by atoms with Crippen LogP contribution in [-0.4, -0.2) is 23.7 Å². The summed E-state index contributed by atoms with van der Waals surface area (Å²) in [6.07, 6.45) is 2.05. The van der Waals surface area contributed by atoms with E-state index in [9.17, 15) is 4.79 Å². The summed E-state index contributed by atoms with van der Waals surface area (Å²) in [4.78, 5) is 11.0. The van der Waals surface area contributed by atoms with Gasteiger partial charge in [-0.1, -0.05) is 0 Å². The van der Waals surface area contributed by atoms with Gasteiger partial charge in [-0.25, -0.2) is 0 Å². The Balaban J connectivity index is 2.07. The lowest BCUT2D eigenvalue weighted by Gasteiger charge is -2.30. The molecule has 64 valence electrons. The van der Waals surface area contributed by atoms with Gasteiger partial charge in [0.2, 0.25) is 5.91 Å². The van der Waals surface area contributed by atoms with Crippen LogP contribution in [0, 0.1) is 5.92 Å². The lowest BCUT2D eigenvalue weighted by atomic mass is 9.80. The minimum Gasteiger partial charge on any atom is -0.393 e. The summed E-state index contributed by atoms with van der Waals surface area (Å²) >= 11 is 0. The molecule has 0 radical (unpaired) electrons. The number of hydrogen-bond donors (Lipinski definition) is 2. The maximum Gasteiger partial charge on any atom is 0.220 e. The summed E-state index contributed by atoms with van der Waals surface area (Å²) in [5, 5.41) is 11.7. The Morgan fingerprint density at radius 1 is 1.64 bits per heavy atom. The molecule has 0 heterocycles. The molecule has 0 saturated heterocycles. The lowest BCUT2D eigenvalue weighted by Crippen LogP contribution is -2.33. The first-order valence-electron chi connectivity index (χ1n) is 4.17. The normalized spacial score (nSPS) is 29.3. The first kappa shape index (κ1) is 8.53. The Morgan fingerprint density at radius 2 is 2.27 bits per heavy atom. The van der Waals surface area contributed by atoms with Gasteiger partial charge in [0.25, 0.3) is 0 Å². The summed E-state index contributed by atoms with van der Waals surface area (Å²) in [6, 6.07) is 0. The van der Waals surface area contributed by atoms with Gasteiger partial charge in [0.15, 0.2) is 0 Å². The maximum atomic E-state index is 11.0. The lowest BCUT2D eigenvalue weighted by molar-refractivity contribution is -0.123. The van der Waals surface area contributed by atoms with Crippen LogP contribution in [0.1, 0.15) is 26.2 Å². The van der Waals surface area contributed by atoms with E-state index in [1.807, 2.05) is 6.92 Å². The smallest absolute Gasteiger partial charge is 0.220 e. The SMILES string of the molecule is CCNC(=O)CC1CC(O)C1. The molecule has 0 aromatic carbocycles. The van der Waals surface area contributed by atoms with E-state index in [1.165, 1.54) is 0 Å². The number of amides is 1. The maximum absolute atomic E-state index is 11.0. The van der Waals surface area contributed by atoms with E-state index in [-0.39, 0.29) is 12.0 Å². The fraction of sp³-hybridized carbons (Fsp3) is 0.875. The van der Waals surface area contributed by atoms with Crippen molar-refractivity contribution in [3.8, 4) is 0 Å². The fourth-order valence-corrected chi connectivity index (χ4v) is 1.40. The van der Waals surface area contributed by atoms with Crippen molar-refractivity contribution in [2.45, 2.75) is 32.3 Å². The van der Waals surface area contributed by atoms with Crippen molar-refractivity contribution < 1.29 is 9.90 Å². The highest BCUT2D eigenvalue weighted by molar-refractivity contribution is 5.76. The highest BCUT2D eigenvalue weighted by atomic mass is 16.3. The van der Waals surface area contributed by atoms with Crippen LogP contribution in [0.15, 0.2) is 0 Å². The molecule has 0 bridgehead atoms. The van der Waals surface area contributed by atoms with Crippen LogP contribution in [0.25, 0.3) is 0 Å². The third-order valence-electron chi connectivity index (χ3n) is 2.06. The average molecular weight is 157 g/mol. The molecule has 1 aliphatic carbocycles. The van der Waals surface area contributed by atoms with Crippen LogP contribution in [0.2, 0.25) is 0 Å². The van der Waals surface area contributed by atoms with Gasteiger partial charge in [-0.2, -0.15) is 0 Å². The minimum absolute atomic E-state index is 0.115. The van der Waals surface area contributed by atoms with Crippen LogP contribution in [0.4, 0.5) is 0 Å². The Bertz CT molecular complexity index is 141. The highest BCUT2D eigenvalue weighted by Gasteiger charge is 2.28. The monoisotopic (exact) mass is 157 g/mol. The molecule has 0 atom stereocenters. The molecule has 0 aromatic rings. The Labute approximate surface area is 66.8 Å². The minimum atomic E-state index is -0.144. The topological polar surface area (TPSA) is 49.3 Å². The van der Waals surface area contributed by atoms with Gasteiger partial charge in [-0.3, -0.25) is 4.79 Å². The van der Waals surface area contributed by atoms with Crippen molar-refractivity contribution in [2.75, 3.05) is 6.54 Å². The summed E-state index contributed by atoms with van der Waals surface area (Å²) in [6.45, 7) is 2.61. The van der Waals surface area contributed by atoms with E-state index < -0.39 is 0 Å². The van der Waals surface area contributed by atoms with Crippen LogP contribution in [-0.2, 0) is 4.79 Å². The fourth-order valence-electron chi connectivity index (χ4n) is 1.40. The second-order valence-corrected chi connectivity index (χ2v) is 3.15. The molecule has 1 aliphatic rings. The molecule has 0 aromatic heterocycles. The molecule has 0 aliphatic heterocycles. The molecular weight excluding hydrogens is 142 g/mol. The summed E-state index contributed by atoms with van der Waals surface area (Å²) in [7, 11) is 0. The van der Waals surface area contributed by atoms with Gasteiger partial charge in [0.1, 0.15) is 0 Å². The van der Waals surface area contributed by atoms with Gasteiger partial charge in [0, 0.05) is 13.0 Å². The van der Waals surface area contributed by atoms with Crippen molar-refractivity contribution in [2.24, 2.45) is 5.92 Å². The van der Waals surface area contributed by atoms with Gasteiger partial charge in [-0.15, -0.1) is 0 Å². The molecule has 1 amide bonds. The third-order valence-corrected chi connectivity index (χ3v) is 2.06. The number of hydrogen-bond acceptors (Lipinski definition) is 2. The van der Waals surface area contributed by atoms with E-state index in [2.05, 4.69) is 5.32 Å². The van der Waals surface area contributed by atoms with Crippen molar-refractivity contribution in [3.63, 3.8) is 0 Å². The first-order chi connectivity index (χ1) is 5.22. The number of aliphatic hydroxyl groups excluding tert-OH is 1. The number of nitrogens with one attached hydrogen (secondary N) is 1. The van der Waals surface area contributed by atoms with Crippen molar-refractivity contribution in [3.05, 3.63) is 0 Å². The summed E-state index contributed by atoms with van der Waals surface area (Å²) < 4.78 is 0. The molecule has 3 heteroatoms. The van der Waals surface area contributed by atoms with Crippen LogP contribution < -0.4 is 5.32 Å². The molecule has 1 saturated carbocycles. The second-order valence-electron chi connectivity index (χ2n) is 3.15. The predicted octanol–water partition coefficient (Wildman–Crippen LogP) is 0.283. The Kier molecular flexibility index (Phi) is 2.88. The van der Waals surface area contributed by atoms with E-state index in [4.69, 9.17) is 5.11 Å². The van der Waals surface area contributed by atoms with Gasteiger partial charge in [0.05, 0.1) is 6.10 Å². The largest absolute Gasteiger partial charge is 0.393 e. The zero-order valence-corrected chi connectivity index (χ0v) is 6.84. The van der Waals surface area contributed by atoms with E-state index in [0.29, 0.717) is 18.9 Å². The summed E-state index contributed by atoms with van der Waals surface area (Å²) in [5.41, 5.74) is 0.